The van der Waals surface area contributed by atoms with E-state index in [4.69, 9.17) is 16.0 Å². The van der Waals surface area contributed by atoms with Crippen molar-refractivity contribution in [3.63, 3.8) is 0 Å². The lowest BCUT2D eigenvalue weighted by molar-refractivity contribution is -0.112. The van der Waals surface area contributed by atoms with Gasteiger partial charge in [0.1, 0.15) is 23.2 Å². The second kappa shape index (κ2) is 9.43. The molecule has 1 amide bonds. The van der Waals surface area contributed by atoms with Crippen LogP contribution in [-0.2, 0) is 14.6 Å². The summed E-state index contributed by atoms with van der Waals surface area (Å²) in [5, 5.41) is 11.9. The molecule has 0 saturated carbocycles. The molecule has 1 N–H and O–H groups in total. The average molecular weight is 477 g/mol. The van der Waals surface area contributed by atoms with Crippen molar-refractivity contribution in [3.8, 4) is 17.4 Å². The summed E-state index contributed by atoms with van der Waals surface area (Å²) in [7, 11) is -3.64. The lowest BCUT2D eigenvalue weighted by atomic mass is 10.2. The van der Waals surface area contributed by atoms with E-state index in [1.165, 1.54) is 6.08 Å². The number of hydrogen-bond donors (Lipinski definition) is 1. The molecule has 8 nitrogen and oxygen atoms in total. The molecule has 160 valence electrons. The molecule has 11 heteroatoms. The van der Waals surface area contributed by atoms with Crippen molar-refractivity contribution in [2.75, 3.05) is 11.1 Å². The first-order chi connectivity index (χ1) is 14.7. The molecule has 0 saturated heterocycles. The fourth-order valence-corrected chi connectivity index (χ4v) is 5.13. The Morgan fingerprint density at radius 2 is 2.13 bits per heavy atom. The molecule has 2 aromatic heterocycles. The van der Waals surface area contributed by atoms with Gasteiger partial charge in [-0.2, -0.15) is 14.6 Å². The van der Waals surface area contributed by atoms with Gasteiger partial charge in [0.05, 0.1) is 5.75 Å². The summed E-state index contributed by atoms with van der Waals surface area (Å²) in [5.74, 6) is -0.139. The smallest absolute Gasteiger partial charge is 0.268 e. The number of benzene rings is 1. The number of rotatable bonds is 7. The third-order valence-corrected chi connectivity index (χ3v) is 6.67. The van der Waals surface area contributed by atoms with Crippen LogP contribution in [0.15, 0.2) is 51.5 Å². The summed E-state index contributed by atoms with van der Waals surface area (Å²) in [6.45, 7) is 3.53. The molecule has 1 aromatic carbocycles. The normalized spacial score (nSPS) is 12.0. The fraction of sp³-hybridized carbons (Fsp3) is 0.200. The first-order valence-electron chi connectivity index (χ1n) is 9.03. The molecule has 0 fully saturated rings. The molecular weight excluding hydrogens is 460 g/mol. The van der Waals surface area contributed by atoms with E-state index >= 15 is 0 Å². The number of nitriles is 1. The second-order valence-electron chi connectivity index (χ2n) is 6.89. The quantitative estimate of drug-likeness (QED) is 0.394. The zero-order chi connectivity index (χ0) is 22.6. The molecule has 0 aliphatic carbocycles. The van der Waals surface area contributed by atoms with Crippen molar-refractivity contribution in [1.29, 1.82) is 5.26 Å². The molecule has 0 radical (unpaired) electrons. The largest absolute Gasteiger partial charge is 0.457 e. The Labute approximate surface area is 188 Å². The molecule has 0 spiro atoms. The molecule has 3 aromatic rings. The third-order valence-electron chi connectivity index (χ3n) is 3.85. The van der Waals surface area contributed by atoms with Crippen LogP contribution in [0.25, 0.3) is 17.4 Å². The van der Waals surface area contributed by atoms with Crippen LogP contribution in [0.2, 0.25) is 5.02 Å². The van der Waals surface area contributed by atoms with Crippen LogP contribution >= 0.6 is 23.1 Å². The Balaban J connectivity index is 1.76. The lowest BCUT2D eigenvalue weighted by Gasteiger charge is -2.02. The number of carbonyl (C=O) groups excluding carboxylic acids is 1. The maximum atomic E-state index is 12.4. The van der Waals surface area contributed by atoms with E-state index in [0.717, 1.165) is 17.1 Å². The van der Waals surface area contributed by atoms with Gasteiger partial charge in [-0.3, -0.25) is 10.1 Å². The van der Waals surface area contributed by atoms with E-state index in [0.29, 0.717) is 16.5 Å². The number of amides is 1. The Hall–Kier alpha value is -3.00. The van der Waals surface area contributed by atoms with E-state index in [1.807, 2.05) is 6.07 Å². The number of nitrogens with one attached hydrogen (secondary N) is 1. The van der Waals surface area contributed by atoms with Crippen molar-refractivity contribution in [1.82, 2.24) is 9.36 Å². The zero-order valence-electron chi connectivity index (χ0n) is 16.5. The summed E-state index contributed by atoms with van der Waals surface area (Å²) in [4.78, 5) is 16.3. The Morgan fingerprint density at radius 1 is 1.35 bits per heavy atom. The maximum Gasteiger partial charge on any atom is 0.268 e. The highest BCUT2D eigenvalue weighted by molar-refractivity contribution is 7.91. The third kappa shape index (κ3) is 5.79. The number of nitrogens with zero attached hydrogens (tertiary/aromatic N) is 3. The highest BCUT2D eigenvalue weighted by Crippen LogP contribution is 2.26. The average Bonchev–Trinajstić information content (AvgIpc) is 3.35. The summed E-state index contributed by atoms with van der Waals surface area (Å²) in [5.41, 5.74) is 0.507. The van der Waals surface area contributed by atoms with Crippen molar-refractivity contribution < 1.29 is 17.6 Å². The molecule has 0 aliphatic heterocycles. The van der Waals surface area contributed by atoms with Gasteiger partial charge in [-0.1, -0.05) is 37.6 Å². The van der Waals surface area contributed by atoms with E-state index < -0.39 is 15.7 Å². The van der Waals surface area contributed by atoms with Gasteiger partial charge in [-0.15, -0.1) is 0 Å². The van der Waals surface area contributed by atoms with Crippen molar-refractivity contribution in [2.45, 2.75) is 19.0 Å². The summed E-state index contributed by atoms with van der Waals surface area (Å²) in [6, 6.07) is 12.2. The minimum atomic E-state index is -3.64. The van der Waals surface area contributed by atoms with Crippen molar-refractivity contribution in [2.24, 2.45) is 5.92 Å². The van der Waals surface area contributed by atoms with Gasteiger partial charge in [0.15, 0.2) is 0 Å². The second-order valence-corrected chi connectivity index (χ2v) is 10.0. The molecule has 31 heavy (non-hydrogen) atoms. The molecule has 2 heterocycles. The highest BCUT2D eigenvalue weighted by Gasteiger charge is 2.23. The monoisotopic (exact) mass is 476 g/mol. The van der Waals surface area contributed by atoms with Gasteiger partial charge in [0, 0.05) is 28.2 Å². The maximum absolute atomic E-state index is 12.4. The van der Waals surface area contributed by atoms with Gasteiger partial charge in [0.2, 0.25) is 15.0 Å². The van der Waals surface area contributed by atoms with Crippen LogP contribution in [0.3, 0.4) is 0 Å². The standard InChI is InChI=1S/C20H17ClN4O4S2/c1-12(2)11-31(27,28)20-24-19(30-25-20)23-18(26)14(10-22)9-16-6-7-17(29-16)13-4-3-5-15(21)8-13/h3-9,12H,11H2,1-2H3,(H,23,24,25,26). The van der Waals surface area contributed by atoms with Gasteiger partial charge < -0.3 is 4.42 Å². The summed E-state index contributed by atoms with van der Waals surface area (Å²) in [6.07, 6.45) is 1.28. The number of aromatic nitrogens is 2. The van der Waals surface area contributed by atoms with Crippen LogP contribution in [0.4, 0.5) is 5.13 Å². The SMILES string of the molecule is CC(C)CS(=O)(=O)c1nsc(NC(=O)C(C#N)=Cc2ccc(-c3cccc(Cl)c3)o2)n1. The minimum Gasteiger partial charge on any atom is -0.457 e. The molecule has 3 rings (SSSR count). The number of halogens is 1. The van der Waals surface area contributed by atoms with E-state index in [1.54, 1.807) is 50.2 Å². The first kappa shape index (κ1) is 22.7. The summed E-state index contributed by atoms with van der Waals surface area (Å²) >= 11 is 6.71. The zero-order valence-corrected chi connectivity index (χ0v) is 18.9. The molecule has 0 unspecified atom stereocenters. The van der Waals surface area contributed by atoms with Crippen LogP contribution in [0.1, 0.15) is 19.6 Å². The lowest BCUT2D eigenvalue weighted by Crippen LogP contribution is -2.15. The number of sulfone groups is 1. The van der Waals surface area contributed by atoms with E-state index in [-0.39, 0.29) is 27.5 Å². The van der Waals surface area contributed by atoms with Crippen LogP contribution < -0.4 is 5.32 Å². The minimum absolute atomic E-state index is 0.0208. The number of carbonyl (C=O) groups is 1. The molecular formula is C20H17ClN4O4S2. The predicted octanol–water partition coefficient (Wildman–Crippen LogP) is 4.43. The topological polar surface area (TPSA) is 126 Å². The Morgan fingerprint density at radius 3 is 2.81 bits per heavy atom. The van der Waals surface area contributed by atoms with Crippen LogP contribution in [0, 0.1) is 17.2 Å². The summed E-state index contributed by atoms with van der Waals surface area (Å²) < 4.78 is 33.9. The van der Waals surface area contributed by atoms with Crippen LogP contribution in [-0.4, -0.2) is 29.4 Å². The van der Waals surface area contributed by atoms with Crippen LogP contribution in [0.5, 0.6) is 0 Å². The van der Waals surface area contributed by atoms with Crippen molar-refractivity contribution >= 4 is 50.1 Å². The molecule has 0 aliphatic rings. The fourth-order valence-electron chi connectivity index (χ4n) is 2.58. The highest BCUT2D eigenvalue weighted by atomic mass is 35.5. The Kier molecular flexibility index (Phi) is 6.90. The van der Waals surface area contributed by atoms with Crippen molar-refractivity contribution in [3.05, 3.63) is 52.8 Å². The van der Waals surface area contributed by atoms with E-state index in [9.17, 15) is 18.5 Å². The van der Waals surface area contributed by atoms with Gasteiger partial charge in [0.25, 0.3) is 11.1 Å². The number of anilines is 1. The number of furan rings is 1. The predicted molar refractivity (Wildman–Crippen MR) is 118 cm³/mol. The van der Waals surface area contributed by atoms with Gasteiger partial charge in [-0.25, -0.2) is 8.42 Å². The molecule has 0 bridgehead atoms. The Bertz CT molecular complexity index is 1290. The molecule has 0 atom stereocenters. The first-order valence-corrected chi connectivity index (χ1v) is 11.8. The number of hydrogen-bond acceptors (Lipinski definition) is 8. The van der Waals surface area contributed by atoms with Gasteiger partial charge >= 0.3 is 0 Å². The van der Waals surface area contributed by atoms with Gasteiger partial charge in [-0.05, 0) is 30.2 Å². The van der Waals surface area contributed by atoms with E-state index in [2.05, 4.69) is 14.7 Å².